The molecular formula is Cl7SbTi. The topological polar surface area (TPSA) is 0 Å². The Morgan fingerprint density at radius 3 is 0.667 bits per heavy atom. The summed E-state index contributed by atoms with van der Waals surface area (Å²) in [6, 6.07) is 0. The van der Waals surface area contributed by atoms with E-state index in [0.717, 1.165) is 0 Å². The number of hydrogen-bond acceptors (Lipinski definition) is 0. The van der Waals surface area contributed by atoms with Gasteiger partial charge in [0.25, 0.3) is 0 Å². The second-order valence-corrected chi connectivity index (χ2v) is 11.6. The second-order valence-electron chi connectivity index (χ2n) is 0.192. The van der Waals surface area contributed by atoms with E-state index in [1.165, 1.54) is 0 Å². The summed E-state index contributed by atoms with van der Waals surface area (Å²) >= 11 is -2.03. The third-order valence-corrected chi connectivity index (χ3v) is 0. The number of halogens is 7. The van der Waals surface area contributed by atoms with E-state index in [1.807, 2.05) is 0 Å². The SMILES string of the molecule is [Cl-].[Cl-].[Cl-].[Cl-].[Cl][Sb]([Cl])[Cl].[Ti+4]. The summed E-state index contributed by atoms with van der Waals surface area (Å²) in [5.41, 5.74) is 0. The van der Waals surface area contributed by atoms with Gasteiger partial charge in [0.1, 0.15) is 0 Å². The summed E-state index contributed by atoms with van der Waals surface area (Å²) in [4.78, 5) is 0. The van der Waals surface area contributed by atoms with Crippen LogP contribution in [0.1, 0.15) is 0 Å². The first-order chi connectivity index (χ1) is 1.73. The first-order valence-corrected chi connectivity index (χ1v) is 10.2. The molecule has 0 nitrogen and oxygen atoms in total. The molecule has 0 aliphatic carbocycles. The van der Waals surface area contributed by atoms with Gasteiger partial charge in [-0.2, -0.15) is 0 Å². The fourth-order valence-corrected chi connectivity index (χ4v) is 0. The summed E-state index contributed by atoms with van der Waals surface area (Å²) in [5.74, 6) is 0. The average molecular weight is 418 g/mol. The van der Waals surface area contributed by atoms with Crippen LogP contribution < -0.4 is 49.6 Å². The second kappa shape index (κ2) is 30.0. The van der Waals surface area contributed by atoms with Gasteiger partial charge in [-0.25, -0.2) is 0 Å². The molecule has 0 aromatic rings. The molecule has 0 radical (unpaired) electrons. The van der Waals surface area contributed by atoms with Crippen LogP contribution >= 0.6 is 26.5 Å². The molecule has 9 heteroatoms. The largest absolute Gasteiger partial charge is 4.00 e. The first-order valence-electron chi connectivity index (χ1n) is 0.507. The maximum absolute atomic E-state index is 4.99. The van der Waals surface area contributed by atoms with Crippen LogP contribution in [-0.2, 0) is 21.7 Å². The molecule has 0 heterocycles. The Morgan fingerprint density at radius 1 is 0.667 bits per heavy atom. The van der Waals surface area contributed by atoms with Gasteiger partial charge in [0.2, 0.25) is 0 Å². The van der Waals surface area contributed by atoms with Crippen molar-refractivity contribution in [1.29, 1.82) is 0 Å². The van der Waals surface area contributed by atoms with E-state index >= 15 is 0 Å². The van der Waals surface area contributed by atoms with Gasteiger partial charge < -0.3 is 49.6 Å². The van der Waals surface area contributed by atoms with Crippen molar-refractivity contribution in [3.05, 3.63) is 0 Å². The van der Waals surface area contributed by atoms with Crippen molar-refractivity contribution < 1.29 is 71.3 Å². The molecule has 0 aromatic heterocycles. The molecule has 0 aromatic carbocycles. The van der Waals surface area contributed by atoms with Crippen LogP contribution in [0.4, 0.5) is 0 Å². The molecule has 58 valence electrons. The van der Waals surface area contributed by atoms with Crippen LogP contribution in [0.5, 0.6) is 0 Å². The van der Waals surface area contributed by atoms with E-state index in [-0.39, 0.29) is 71.3 Å². The Kier molecular flexibility index (Phi) is 130. The summed E-state index contributed by atoms with van der Waals surface area (Å²) in [7, 11) is 15.0. The maximum atomic E-state index is 4.99. The van der Waals surface area contributed by atoms with Gasteiger partial charge in [0.05, 0.1) is 0 Å². The molecule has 0 bridgehead atoms. The predicted octanol–water partition coefficient (Wildman–Crippen LogP) is -10.3. The number of rotatable bonds is 0. The molecule has 9 heavy (non-hydrogen) atoms. The van der Waals surface area contributed by atoms with Gasteiger partial charge >= 0.3 is 65.0 Å². The molecule has 0 aliphatic rings. The third kappa shape index (κ3) is 83.3. The minimum Gasteiger partial charge on any atom is 4.00 e. The normalized spacial score (nSPS) is 4.00. The Bertz CT molecular complexity index is 13.6. The van der Waals surface area contributed by atoms with E-state index in [4.69, 9.17) is 26.5 Å². The van der Waals surface area contributed by atoms with Crippen molar-refractivity contribution in [2.24, 2.45) is 0 Å². The molecule has 0 atom stereocenters. The smallest absolute Gasteiger partial charge is 4.00 e. The van der Waals surface area contributed by atoms with Gasteiger partial charge in [0, 0.05) is 0 Å². The predicted molar refractivity (Wildman–Crippen MR) is 23.3 cm³/mol. The summed E-state index contributed by atoms with van der Waals surface area (Å²) < 4.78 is 0. The molecule has 0 unspecified atom stereocenters. The quantitative estimate of drug-likeness (QED) is 0.344. The Hall–Kier alpha value is 3.56. The minimum atomic E-state index is -2.03. The molecular weight excluding hydrogens is 418 g/mol. The van der Waals surface area contributed by atoms with Crippen LogP contribution in [0.25, 0.3) is 0 Å². The Labute approximate surface area is 113 Å². The van der Waals surface area contributed by atoms with Crippen LogP contribution in [0.2, 0.25) is 0 Å². The van der Waals surface area contributed by atoms with Crippen molar-refractivity contribution >= 4 is 43.3 Å². The van der Waals surface area contributed by atoms with E-state index in [0.29, 0.717) is 0 Å². The van der Waals surface area contributed by atoms with Crippen LogP contribution in [0, 0.1) is 0 Å². The van der Waals surface area contributed by atoms with E-state index in [9.17, 15) is 0 Å². The van der Waals surface area contributed by atoms with E-state index in [2.05, 4.69) is 0 Å². The summed E-state index contributed by atoms with van der Waals surface area (Å²) in [5, 5.41) is 0. The van der Waals surface area contributed by atoms with Gasteiger partial charge in [-0.15, -0.1) is 0 Å². The van der Waals surface area contributed by atoms with Crippen molar-refractivity contribution in [2.45, 2.75) is 0 Å². The van der Waals surface area contributed by atoms with Crippen LogP contribution in [0.3, 0.4) is 0 Å². The molecule has 0 rings (SSSR count). The standard InChI is InChI=1S/7ClH.Sb.Ti/h7*1H;;/q;;;;;;;+3;+4/p-7. The molecule has 0 saturated carbocycles. The zero-order chi connectivity index (χ0) is 3.58. The van der Waals surface area contributed by atoms with Gasteiger partial charge in [-0.3, -0.25) is 0 Å². The van der Waals surface area contributed by atoms with Gasteiger partial charge in [-0.05, 0) is 0 Å². The van der Waals surface area contributed by atoms with Crippen LogP contribution in [0.15, 0.2) is 0 Å². The van der Waals surface area contributed by atoms with Crippen molar-refractivity contribution in [3.8, 4) is 0 Å². The summed E-state index contributed by atoms with van der Waals surface area (Å²) in [6.45, 7) is 0. The van der Waals surface area contributed by atoms with E-state index in [1.54, 1.807) is 0 Å². The molecule has 0 fully saturated rings. The Morgan fingerprint density at radius 2 is 0.667 bits per heavy atom. The summed E-state index contributed by atoms with van der Waals surface area (Å²) in [6.07, 6.45) is 0. The van der Waals surface area contributed by atoms with Crippen molar-refractivity contribution in [3.63, 3.8) is 0 Å². The molecule has 0 aliphatic heterocycles. The van der Waals surface area contributed by atoms with Crippen molar-refractivity contribution in [2.75, 3.05) is 0 Å². The molecule has 0 N–H and O–H groups in total. The average Bonchev–Trinajstić information content (AvgIpc) is 0.811. The maximum Gasteiger partial charge on any atom is 4.00 e. The monoisotopic (exact) mass is 414 g/mol. The fraction of sp³-hybridized carbons (Fsp3) is 0. The Balaban J connectivity index is -0.00000000450. The first kappa shape index (κ1) is 39.0. The van der Waals surface area contributed by atoms with Crippen LogP contribution in [-0.4, -0.2) is 16.8 Å². The van der Waals surface area contributed by atoms with Gasteiger partial charge in [-0.1, -0.05) is 0 Å². The molecule has 0 amide bonds. The zero-order valence-electron chi connectivity index (χ0n) is 3.59. The zero-order valence-corrected chi connectivity index (χ0v) is 13.0. The fourth-order valence-electron chi connectivity index (χ4n) is 0. The third-order valence-electron chi connectivity index (χ3n) is 0. The minimum absolute atomic E-state index is 0. The number of hydrogen-bond donors (Lipinski definition) is 0. The van der Waals surface area contributed by atoms with Crippen molar-refractivity contribution in [1.82, 2.24) is 0 Å². The molecule has 0 spiro atoms. The van der Waals surface area contributed by atoms with Gasteiger partial charge in [0.15, 0.2) is 0 Å². The molecule has 0 saturated heterocycles. The van der Waals surface area contributed by atoms with E-state index < -0.39 is 16.8 Å².